The van der Waals surface area contributed by atoms with Crippen LogP contribution < -0.4 is 5.73 Å². The molecule has 0 saturated carbocycles. The summed E-state index contributed by atoms with van der Waals surface area (Å²) in [7, 11) is 0. The minimum absolute atomic E-state index is 0.377. The fourth-order valence-electron chi connectivity index (χ4n) is 0.609. The first kappa shape index (κ1) is 11.3. The Morgan fingerprint density at radius 2 is 1.77 bits per heavy atom. The molecule has 2 N–H and O–H groups in total. The van der Waals surface area contributed by atoms with Gasteiger partial charge < -0.3 is 5.73 Å². The number of amides is 1. The fourth-order valence-corrected chi connectivity index (χ4v) is 0.609. The highest BCUT2D eigenvalue weighted by atomic mass is 16.7. The number of nitrogens with two attached hydrogens (primary N) is 1. The van der Waals surface area contributed by atoms with Crippen LogP contribution in [0.15, 0.2) is 0 Å². The first-order chi connectivity index (χ1) is 5.80. The van der Waals surface area contributed by atoms with E-state index in [1.54, 1.807) is 0 Å². The Kier molecular flexibility index (Phi) is 3.28. The maximum absolute atomic E-state index is 10.3. The van der Waals surface area contributed by atoms with E-state index in [1.165, 1.54) is 0 Å². The molecule has 0 aromatic rings. The van der Waals surface area contributed by atoms with Crippen molar-refractivity contribution in [3.8, 4) is 0 Å². The van der Waals surface area contributed by atoms with Crippen molar-refractivity contribution in [3.63, 3.8) is 0 Å². The zero-order valence-electron chi connectivity index (χ0n) is 6.93. The van der Waals surface area contributed by atoms with E-state index < -0.39 is 27.8 Å². The van der Waals surface area contributed by atoms with Crippen LogP contribution >= 0.6 is 0 Å². The van der Waals surface area contributed by atoms with E-state index >= 15 is 0 Å². The number of carbonyl (C=O) groups is 1. The van der Waals surface area contributed by atoms with Crippen LogP contribution in [0.4, 0.5) is 0 Å². The van der Waals surface area contributed by atoms with Gasteiger partial charge in [-0.15, -0.1) is 0 Å². The van der Waals surface area contributed by atoms with Crippen LogP contribution in [0.5, 0.6) is 0 Å². The molecule has 74 valence electrons. The summed E-state index contributed by atoms with van der Waals surface area (Å²) >= 11 is 0. The van der Waals surface area contributed by atoms with Gasteiger partial charge in [0.2, 0.25) is 5.91 Å². The number of primary amides is 1. The average molecular weight is 191 g/mol. The van der Waals surface area contributed by atoms with E-state index in [0.717, 1.165) is 6.92 Å². The van der Waals surface area contributed by atoms with Crippen LogP contribution in [0.3, 0.4) is 0 Å². The van der Waals surface area contributed by atoms with Gasteiger partial charge >= 0.3 is 5.66 Å². The average Bonchev–Trinajstić information content (AvgIpc) is 1.99. The van der Waals surface area contributed by atoms with Crippen LogP contribution in [-0.4, -0.2) is 21.4 Å². The Balaban J connectivity index is 4.52. The topological polar surface area (TPSA) is 129 Å². The molecule has 8 nitrogen and oxygen atoms in total. The molecular formula is C5H9N3O5. The van der Waals surface area contributed by atoms with Gasteiger partial charge in [-0.2, -0.15) is 0 Å². The van der Waals surface area contributed by atoms with Crippen molar-refractivity contribution in [2.45, 2.75) is 25.4 Å². The van der Waals surface area contributed by atoms with E-state index in [4.69, 9.17) is 5.73 Å². The Hall–Kier alpha value is -1.73. The summed E-state index contributed by atoms with van der Waals surface area (Å²) in [5.41, 5.74) is 2.39. The molecule has 0 unspecified atom stereocenters. The van der Waals surface area contributed by atoms with Gasteiger partial charge in [0.1, 0.15) is 0 Å². The molecule has 0 aliphatic carbocycles. The van der Waals surface area contributed by atoms with Gasteiger partial charge in [-0.05, 0) is 0 Å². The molecule has 0 saturated heterocycles. The molecule has 0 heterocycles. The summed E-state index contributed by atoms with van der Waals surface area (Å²) in [6, 6.07) is 0. The SMILES string of the molecule is CC(CCC(N)=O)([N+](=O)[O-])[N+](=O)[O-]. The van der Waals surface area contributed by atoms with Crippen molar-refractivity contribution in [1.29, 1.82) is 0 Å². The minimum atomic E-state index is -2.32. The molecule has 13 heavy (non-hydrogen) atoms. The lowest BCUT2D eigenvalue weighted by Gasteiger charge is -2.10. The van der Waals surface area contributed by atoms with Crippen molar-refractivity contribution in [1.82, 2.24) is 0 Å². The maximum atomic E-state index is 10.3. The summed E-state index contributed by atoms with van der Waals surface area (Å²) in [6.07, 6.45) is -0.874. The number of nitro groups is 2. The van der Waals surface area contributed by atoms with Crippen molar-refractivity contribution in [3.05, 3.63) is 20.2 Å². The van der Waals surface area contributed by atoms with Crippen molar-refractivity contribution >= 4 is 5.91 Å². The van der Waals surface area contributed by atoms with Gasteiger partial charge in [-0.25, -0.2) is 0 Å². The molecular weight excluding hydrogens is 182 g/mol. The predicted octanol–water partition coefficient (Wildman–Crippen LogP) is -0.478. The van der Waals surface area contributed by atoms with E-state index in [-0.39, 0.29) is 6.42 Å². The molecule has 0 aliphatic heterocycles. The first-order valence-corrected chi connectivity index (χ1v) is 3.38. The number of hydrogen-bond donors (Lipinski definition) is 1. The number of nitrogens with zero attached hydrogens (tertiary/aromatic N) is 2. The standard InChI is InChI=1S/C5H9N3O5/c1-5(7(10)11,8(12)13)3-2-4(6)9/h2-3H2,1H3,(H2,6,9). The summed E-state index contributed by atoms with van der Waals surface area (Å²) in [5, 5.41) is 20.6. The zero-order chi connectivity index (χ0) is 10.6. The van der Waals surface area contributed by atoms with Crippen LogP contribution in [0.1, 0.15) is 19.8 Å². The van der Waals surface area contributed by atoms with Crippen molar-refractivity contribution in [2.75, 3.05) is 0 Å². The third kappa shape index (κ3) is 2.65. The summed E-state index contributed by atoms with van der Waals surface area (Å²) in [5.74, 6) is -0.796. The summed E-state index contributed by atoms with van der Waals surface area (Å²) < 4.78 is 0. The summed E-state index contributed by atoms with van der Waals surface area (Å²) in [6.45, 7) is 0.843. The van der Waals surface area contributed by atoms with E-state index in [0.29, 0.717) is 0 Å². The quantitative estimate of drug-likeness (QED) is 0.356. The maximum Gasteiger partial charge on any atom is 0.456 e. The number of carbonyl (C=O) groups excluding carboxylic acids is 1. The highest BCUT2D eigenvalue weighted by molar-refractivity contribution is 5.73. The normalized spacial score (nSPS) is 10.8. The van der Waals surface area contributed by atoms with Gasteiger partial charge in [0.15, 0.2) is 0 Å². The second kappa shape index (κ2) is 3.78. The molecule has 0 spiro atoms. The first-order valence-electron chi connectivity index (χ1n) is 3.38. The Morgan fingerprint density at radius 3 is 2.00 bits per heavy atom. The van der Waals surface area contributed by atoms with Crippen molar-refractivity contribution < 1.29 is 14.6 Å². The predicted molar refractivity (Wildman–Crippen MR) is 40.8 cm³/mol. The van der Waals surface area contributed by atoms with E-state index in [1.807, 2.05) is 0 Å². The van der Waals surface area contributed by atoms with Gasteiger partial charge in [-0.3, -0.25) is 25.0 Å². The zero-order valence-corrected chi connectivity index (χ0v) is 6.93. The van der Waals surface area contributed by atoms with E-state index in [9.17, 15) is 25.0 Å². The molecule has 0 atom stereocenters. The molecule has 0 radical (unpaired) electrons. The molecule has 0 aromatic heterocycles. The second-order valence-electron chi connectivity index (χ2n) is 2.70. The molecule has 0 bridgehead atoms. The largest absolute Gasteiger partial charge is 0.456 e. The molecule has 0 rings (SSSR count). The Morgan fingerprint density at radius 1 is 1.38 bits per heavy atom. The molecule has 0 aliphatic rings. The lowest BCUT2D eigenvalue weighted by atomic mass is 10.1. The van der Waals surface area contributed by atoms with Gasteiger partial charge in [0.05, 0.1) is 23.2 Å². The third-order valence-corrected chi connectivity index (χ3v) is 1.63. The molecule has 0 fully saturated rings. The Bertz CT molecular complexity index is 237. The molecule has 8 heteroatoms. The highest BCUT2D eigenvalue weighted by Crippen LogP contribution is 2.16. The van der Waals surface area contributed by atoms with Crippen LogP contribution in [-0.2, 0) is 4.79 Å². The number of rotatable bonds is 5. The van der Waals surface area contributed by atoms with Crippen LogP contribution in [0.2, 0.25) is 0 Å². The lowest BCUT2D eigenvalue weighted by Crippen LogP contribution is -2.43. The van der Waals surface area contributed by atoms with Gasteiger partial charge in [0.25, 0.3) is 0 Å². The fraction of sp³-hybridized carbons (Fsp3) is 0.800. The minimum Gasteiger partial charge on any atom is -0.370 e. The van der Waals surface area contributed by atoms with Gasteiger partial charge in [-0.1, -0.05) is 0 Å². The van der Waals surface area contributed by atoms with Crippen LogP contribution in [0, 0.1) is 20.2 Å². The Labute approximate surface area is 73.0 Å². The second-order valence-corrected chi connectivity index (χ2v) is 2.70. The van der Waals surface area contributed by atoms with E-state index in [2.05, 4.69) is 0 Å². The number of hydrogen-bond acceptors (Lipinski definition) is 5. The smallest absolute Gasteiger partial charge is 0.370 e. The molecule has 1 amide bonds. The van der Waals surface area contributed by atoms with Crippen LogP contribution in [0.25, 0.3) is 0 Å². The monoisotopic (exact) mass is 191 g/mol. The van der Waals surface area contributed by atoms with Crippen molar-refractivity contribution in [2.24, 2.45) is 5.73 Å². The highest BCUT2D eigenvalue weighted by Gasteiger charge is 2.50. The molecule has 0 aromatic carbocycles. The summed E-state index contributed by atoms with van der Waals surface area (Å²) in [4.78, 5) is 28.8. The lowest BCUT2D eigenvalue weighted by molar-refractivity contribution is -0.792. The van der Waals surface area contributed by atoms with Gasteiger partial charge in [0, 0.05) is 6.42 Å². The third-order valence-electron chi connectivity index (χ3n) is 1.63.